The SMILES string of the molecule is C[C@H](O)C#Cc1ccc(Cl)c(Cl)c1. The molecule has 0 saturated carbocycles. The minimum Gasteiger partial charge on any atom is -0.381 e. The molecule has 1 aromatic carbocycles. The maximum Gasteiger partial charge on any atom is 0.112 e. The monoisotopic (exact) mass is 214 g/mol. The molecule has 68 valence electrons. The van der Waals surface area contributed by atoms with Gasteiger partial charge in [-0.15, -0.1) is 0 Å². The number of aliphatic hydroxyl groups is 1. The van der Waals surface area contributed by atoms with E-state index in [2.05, 4.69) is 11.8 Å². The minimum absolute atomic E-state index is 0.471. The van der Waals surface area contributed by atoms with Gasteiger partial charge in [0.1, 0.15) is 6.10 Å². The van der Waals surface area contributed by atoms with Gasteiger partial charge in [0.15, 0.2) is 0 Å². The summed E-state index contributed by atoms with van der Waals surface area (Å²) in [5, 5.41) is 9.88. The molecule has 1 atom stereocenters. The van der Waals surface area contributed by atoms with E-state index < -0.39 is 6.10 Å². The smallest absolute Gasteiger partial charge is 0.112 e. The van der Waals surface area contributed by atoms with E-state index in [1.54, 1.807) is 25.1 Å². The molecule has 0 saturated heterocycles. The van der Waals surface area contributed by atoms with Crippen LogP contribution in [0, 0.1) is 11.8 Å². The average Bonchev–Trinajstić information content (AvgIpc) is 2.07. The van der Waals surface area contributed by atoms with Gasteiger partial charge in [0.05, 0.1) is 10.0 Å². The third-order valence-corrected chi connectivity index (χ3v) is 2.08. The van der Waals surface area contributed by atoms with Crippen molar-refractivity contribution in [3.63, 3.8) is 0 Å². The quantitative estimate of drug-likeness (QED) is 0.659. The Hall–Kier alpha value is -0.680. The van der Waals surface area contributed by atoms with E-state index in [4.69, 9.17) is 28.3 Å². The fraction of sp³-hybridized carbons (Fsp3) is 0.200. The van der Waals surface area contributed by atoms with Crippen LogP contribution in [0.2, 0.25) is 10.0 Å². The fourth-order valence-corrected chi connectivity index (χ4v) is 1.06. The molecular weight excluding hydrogens is 207 g/mol. The van der Waals surface area contributed by atoms with E-state index in [1.165, 1.54) is 0 Å². The van der Waals surface area contributed by atoms with Gasteiger partial charge in [-0.25, -0.2) is 0 Å². The lowest BCUT2D eigenvalue weighted by Crippen LogP contribution is -1.92. The van der Waals surface area contributed by atoms with Crippen LogP contribution in [-0.2, 0) is 0 Å². The highest BCUT2D eigenvalue weighted by atomic mass is 35.5. The second-order valence-electron chi connectivity index (χ2n) is 2.57. The molecule has 0 aliphatic carbocycles. The van der Waals surface area contributed by atoms with Gasteiger partial charge in [-0.2, -0.15) is 0 Å². The van der Waals surface area contributed by atoms with E-state index >= 15 is 0 Å². The summed E-state index contributed by atoms with van der Waals surface area (Å²) in [4.78, 5) is 0. The topological polar surface area (TPSA) is 20.2 Å². The molecule has 0 unspecified atom stereocenters. The molecule has 0 bridgehead atoms. The van der Waals surface area contributed by atoms with Crippen LogP contribution in [-0.4, -0.2) is 11.2 Å². The molecule has 0 aromatic heterocycles. The Balaban J connectivity index is 2.94. The Bertz CT molecular complexity index is 361. The van der Waals surface area contributed by atoms with Gasteiger partial charge >= 0.3 is 0 Å². The molecule has 0 fully saturated rings. The van der Waals surface area contributed by atoms with Crippen molar-refractivity contribution in [1.29, 1.82) is 0 Å². The van der Waals surface area contributed by atoms with Gasteiger partial charge in [-0.3, -0.25) is 0 Å². The fourth-order valence-electron chi connectivity index (χ4n) is 0.762. The van der Waals surface area contributed by atoms with E-state index in [9.17, 15) is 0 Å². The Kier molecular flexibility index (Phi) is 3.62. The van der Waals surface area contributed by atoms with Crippen molar-refractivity contribution in [2.45, 2.75) is 13.0 Å². The molecule has 1 aromatic rings. The van der Waals surface area contributed by atoms with E-state index in [0.29, 0.717) is 10.0 Å². The average molecular weight is 215 g/mol. The summed E-state index contributed by atoms with van der Waals surface area (Å²) in [5.41, 5.74) is 0.746. The number of benzene rings is 1. The molecule has 0 spiro atoms. The number of hydrogen-bond donors (Lipinski definition) is 1. The first-order chi connectivity index (χ1) is 6.09. The van der Waals surface area contributed by atoms with Crippen molar-refractivity contribution in [2.75, 3.05) is 0 Å². The third-order valence-electron chi connectivity index (χ3n) is 1.34. The van der Waals surface area contributed by atoms with Gasteiger partial charge in [-0.1, -0.05) is 35.0 Å². The molecule has 13 heavy (non-hydrogen) atoms. The molecule has 1 N–H and O–H groups in total. The van der Waals surface area contributed by atoms with Crippen molar-refractivity contribution < 1.29 is 5.11 Å². The van der Waals surface area contributed by atoms with Crippen LogP contribution in [0.15, 0.2) is 18.2 Å². The van der Waals surface area contributed by atoms with Crippen molar-refractivity contribution in [3.05, 3.63) is 33.8 Å². The summed E-state index contributed by atoms with van der Waals surface area (Å²) in [5.74, 6) is 5.38. The predicted octanol–water partition coefficient (Wildman–Crippen LogP) is 2.73. The second-order valence-corrected chi connectivity index (χ2v) is 3.39. The Morgan fingerprint density at radius 1 is 1.31 bits per heavy atom. The number of hydrogen-bond acceptors (Lipinski definition) is 1. The van der Waals surface area contributed by atoms with Crippen LogP contribution >= 0.6 is 23.2 Å². The summed E-state index contributed by atoms with van der Waals surface area (Å²) in [6, 6.07) is 5.10. The Labute approximate surface area is 87.3 Å². The lowest BCUT2D eigenvalue weighted by Gasteiger charge is -1.95. The van der Waals surface area contributed by atoms with E-state index in [-0.39, 0.29) is 0 Å². The highest BCUT2D eigenvalue weighted by molar-refractivity contribution is 6.42. The van der Waals surface area contributed by atoms with Gasteiger partial charge in [0.25, 0.3) is 0 Å². The zero-order valence-corrected chi connectivity index (χ0v) is 8.52. The summed E-state index contributed by atoms with van der Waals surface area (Å²) in [6.07, 6.45) is -0.630. The van der Waals surface area contributed by atoms with E-state index in [0.717, 1.165) is 5.56 Å². The van der Waals surface area contributed by atoms with Crippen molar-refractivity contribution >= 4 is 23.2 Å². The Morgan fingerprint density at radius 3 is 2.54 bits per heavy atom. The number of aliphatic hydroxyl groups excluding tert-OH is 1. The maximum absolute atomic E-state index is 8.90. The van der Waals surface area contributed by atoms with Gasteiger partial charge in [0.2, 0.25) is 0 Å². The molecule has 1 rings (SSSR count). The summed E-state index contributed by atoms with van der Waals surface area (Å²) in [6.45, 7) is 1.60. The summed E-state index contributed by atoms with van der Waals surface area (Å²) >= 11 is 11.5. The second kappa shape index (κ2) is 4.53. The first-order valence-corrected chi connectivity index (χ1v) is 4.50. The lowest BCUT2D eigenvalue weighted by atomic mass is 10.2. The van der Waals surface area contributed by atoms with Crippen LogP contribution in [0.5, 0.6) is 0 Å². The van der Waals surface area contributed by atoms with Crippen molar-refractivity contribution in [1.82, 2.24) is 0 Å². The maximum atomic E-state index is 8.90. The number of halogens is 2. The van der Waals surface area contributed by atoms with Crippen molar-refractivity contribution in [2.24, 2.45) is 0 Å². The summed E-state index contributed by atoms with van der Waals surface area (Å²) < 4.78 is 0. The molecular formula is C10H8Cl2O. The first-order valence-electron chi connectivity index (χ1n) is 3.74. The summed E-state index contributed by atoms with van der Waals surface area (Å²) in [7, 11) is 0. The molecule has 0 heterocycles. The predicted molar refractivity (Wildman–Crippen MR) is 55.0 cm³/mol. The normalized spacial score (nSPS) is 11.7. The molecule has 0 radical (unpaired) electrons. The molecule has 3 heteroatoms. The first kappa shape index (κ1) is 10.4. The molecule has 0 aliphatic rings. The van der Waals surface area contributed by atoms with Crippen molar-refractivity contribution in [3.8, 4) is 11.8 Å². The zero-order chi connectivity index (χ0) is 9.84. The van der Waals surface area contributed by atoms with Gasteiger partial charge in [-0.05, 0) is 25.1 Å². The van der Waals surface area contributed by atoms with Gasteiger partial charge < -0.3 is 5.11 Å². The van der Waals surface area contributed by atoms with Gasteiger partial charge in [0, 0.05) is 5.56 Å². The third kappa shape index (κ3) is 3.28. The Morgan fingerprint density at radius 2 is 2.00 bits per heavy atom. The lowest BCUT2D eigenvalue weighted by molar-refractivity contribution is 0.253. The highest BCUT2D eigenvalue weighted by Gasteiger charge is 1.96. The minimum atomic E-state index is -0.630. The van der Waals surface area contributed by atoms with Crippen LogP contribution in [0.3, 0.4) is 0 Å². The standard InChI is InChI=1S/C10H8Cl2O/c1-7(13)2-3-8-4-5-9(11)10(12)6-8/h4-7,13H,1H3/t7-/m0/s1. The molecule has 0 aliphatic heterocycles. The molecule has 0 amide bonds. The van der Waals surface area contributed by atoms with Crippen LogP contribution < -0.4 is 0 Å². The van der Waals surface area contributed by atoms with Crippen LogP contribution in [0.1, 0.15) is 12.5 Å². The number of rotatable bonds is 0. The molecule has 1 nitrogen and oxygen atoms in total. The van der Waals surface area contributed by atoms with Crippen LogP contribution in [0.25, 0.3) is 0 Å². The zero-order valence-electron chi connectivity index (χ0n) is 7.01. The van der Waals surface area contributed by atoms with E-state index in [1.807, 2.05) is 0 Å². The largest absolute Gasteiger partial charge is 0.381 e. The van der Waals surface area contributed by atoms with Crippen LogP contribution in [0.4, 0.5) is 0 Å². The highest BCUT2D eigenvalue weighted by Crippen LogP contribution is 2.21.